The largest absolute Gasteiger partial charge is 0.371 e. The Morgan fingerprint density at radius 1 is 1.00 bits per heavy atom. The summed E-state index contributed by atoms with van der Waals surface area (Å²) < 4.78 is 13.1. The highest BCUT2D eigenvalue weighted by molar-refractivity contribution is 7.80. The highest BCUT2D eigenvalue weighted by Gasteiger charge is 2.28. The topological polar surface area (TPSA) is 50.9 Å². The van der Waals surface area contributed by atoms with E-state index in [0.717, 1.165) is 68.8 Å². The Balaban J connectivity index is 1.33. The monoisotopic (exact) mass is 483 g/mol. The molecule has 2 N–H and O–H groups in total. The molecule has 4 rings (SSSR count). The van der Waals surface area contributed by atoms with Crippen molar-refractivity contribution < 1.29 is 9.18 Å². The fourth-order valence-electron chi connectivity index (χ4n) is 4.82. The molecule has 2 heterocycles. The van der Waals surface area contributed by atoms with Gasteiger partial charge >= 0.3 is 0 Å². The number of halogens is 1. The van der Waals surface area contributed by atoms with E-state index in [1.54, 1.807) is 12.1 Å². The molecule has 0 aromatic heterocycles. The van der Waals surface area contributed by atoms with Gasteiger partial charge in [-0.3, -0.25) is 4.79 Å². The maximum absolute atomic E-state index is 13.4. The number of carbonyl (C=O) groups is 1. The van der Waals surface area contributed by atoms with Gasteiger partial charge in [0.1, 0.15) is 5.82 Å². The fourth-order valence-corrected chi connectivity index (χ4v) is 5.10. The highest BCUT2D eigenvalue weighted by Crippen LogP contribution is 2.27. The van der Waals surface area contributed by atoms with Gasteiger partial charge in [0.2, 0.25) is 0 Å². The lowest BCUT2D eigenvalue weighted by Gasteiger charge is -2.37. The quantitative estimate of drug-likeness (QED) is 0.629. The summed E-state index contributed by atoms with van der Waals surface area (Å²) in [5.41, 5.74) is 2.55. The van der Waals surface area contributed by atoms with Crippen molar-refractivity contribution in [2.24, 2.45) is 0 Å². The van der Waals surface area contributed by atoms with Crippen LogP contribution in [0.2, 0.25) is 0 Å². The Kier molecular flexibility index (Phi) is 8.00. The smallest absolute Gasteiger partial charge is 0.255 e. The first kappa shape index (κ1) is 24.4. The number of rotatable bonds is 5. The summed E-state index contributed by atoms with van der Waals surface area (Å²) in [6.07, 6.45) is 3.87. The van der Waals surface area contributed by atoms with Gasteiger partial charge in [-0.2, -0.15) is 0 Å². The van der Waals surface area contributed by atoms with Crippen molar-refractivity contribution in [3.63, 3.8) is 0 Å². The molecule has 2 aliphatic heterocycles. The molecular formula is C26H34FN5OS. The average molecular weight is 484 g/mol. The number of benzene rings is 2. The molecule has 0 aliphatic carbocycles. The number of hydrogen-bond donors (Lipinski definition) is 2. The summed E-state index contributed by atoms with van der Waals surface area (Å²) in [5, 5.41) is 7.04. The van der Waals surface area contributed by atoms with Gasteiger partial charge in [0.15, 0.2) is 5.11 Å². The van der Waals surface area contributed by atoms with Crippen molar-refractivity contribution in [2.75, 3.05) is 50.5 Å². The summed E-state index contributed by atoms with van der Waals surface area (Å²) in [5.74, 6) is -0.164. The maximum atomic E-state index is 13.4. The Morgan fingerprint density at radius 2 is 1.65 bits per heavy atom. The number of thiocarbonyl (C=S) groups is 1. The Morgan fingerprint density at radius 3 is 2.32 bits per heavy atom. The van der Waals surface area contributed by atoms with Crippen LogP contribution < -0.4 is 15.5 Å². The van der Waals surface area contributed by atoms with Crippen LogP contribution in [0.15, 0.2) is 48.5 Å². The van der Waals surface area contributed by atoms with Gasteiger partial charge in [-0.25, -0.2) is 4.39 Å². The SMILES string of the molecule is CN1CCC(N(C)C(=O)c2ccccc2N2CCC(NC(=S)Nc3ccc(F)cc3)CC2)CC1. The Hall–Kier alpha value is -2.71. The zero-order valence-electron chi connectivity index (χ0n) is 20.0. The molecule has 0 unspecified atom stereocenters. The molecule has 8 heteroatoms. The van der Waals surface area contributed by atoms with E-state index >= 15 is 0 Å². The van der Waals surface area contributed by atoms with Crippen LogP contribution in [-0.2, 0) is 0 Å². The van der Waals surface area contributed by atoms with E-state index in [0.29, 0.717) is 11.2 Å². The standard InChI is InChI=1S/C26H34FN5OS/c1-30-15-13-22(14-16-30)31(2)25(33)23-5-3-4-6-24(23)32-17-11-21(12-18-32)29-26(34)28-20-9-7-19(27)8-10-20/h3-10,21-22H,11-18H2,1-2H3,(H2,28,29,34). The number of piperidine rings is 2. The third-order valence-electron chi connectivity index (χ3n) is 6.96. The molecule has 2 aliphatic rings. The molecule has 2 saturated heterocycles. The minimum Gasteiger partial charge on any atom is -0.371 e. The lowest BCUT2D eigenvalue weighted by atomic mass is 10.0. The van der Waals surface area contributed by atoms with Crippen LogP contribution in [0.25, 0.3) is 0 Å². The second-order valence-electron chi connectivity index (χ2n) is 9.33. The predicted molar refractivity (Wildman–Crippen MR) is 140 cm³/mol. The number of para-hydroxylation sites is 1. The van der Waals surface area contributed by atoms with Crippen molar-refractivity contribution in [2.45, 2.75) is 37.8 Å². The lowest BCUT2D eigenvalue weighted by molar-refractivity contribution is 0.0660. The molecule has 1 amide bonds. The maximum Gasteiger partial charge on any atom is 0.255 e. The molecule has 0 spiro atoms. The number of nitrogens with one attached hydrogen (secondary N) is 2. The first-order chi connectivity index (χ1) is 16.4. The van der Waals surface area contributed by atoms with Crippen LogP contribution >= 0.6 is 12.2 Å². The summed E-state index contributed by atoms with van der Waals surface area (Å²) >= 11 is 5.44. The van der Waals surface area contributed by atoms with Gasteiger partial charge in [0.05, 0.1) is 5.56 Å². The number of carbonyl (C=O) groups excluding carboxylic acids is 1. The number of anilines is 2. The van der Waals surface area contributed by atoms with Gasteiger partial charge in [-0.1, -0.05) is 12.1 Å². The first-order valence-corrected chi connectivity index (χ1v) is 12.4. The predicted octanol–water partition coefficient (Wildman–Crippen LogP) is 3.95. The van der Waals surface area contributed by atoms with Crippen LogP contribution in [0.1, 0.15) is 36.0 Å². The molecule has 0 bridgehead atoms. The van der Waals surface area contributed by atoms with E-state index < -0.39 is 0 Å². The van der Waals surface area contributed by atoms with E-state index in [1.807, 2.05) is 30.1 Å². The zero-order chi connectivity index (χ0) is 24.1. The zero-order valence-corrected chi connectivity index (χ0v) is 20.8. The molecule has 2 aromatic carbocycles. The molecule has 0 atom stereocenters. The van der Waals surface area contributed by atoms with E-state index in [2.05, 4.69) is 33.5 Å². The lowest BCUT2D eigenvalue weighted by Crippen LogP contribution is -2.47. The van der Waals surface area contributed by atoms with Crippen LogP contribution in [0, 0.1) is 5.82 Å². The third kappa shape index (κ3) is 6.04. The van der Waals surface area contributed by atoms with Gasteiger partial charge < -0.3 is 25.3 Å². The average Bonchev–Trinajstić information content (AvgIpc) is 2.85. The van der Waals surface area contributed by atoms with Crippen molar-refractivity contribution in [1.82, 2.24) is 15.1 Å². The molecule has 0 saturated carbocycles. The summed E-state index contributed by atoms with van der Waals surface area (Å²) in [6.45, 7) is 3.75. The normalized spacial score (nSPS) is 17.9. The van der Waals surface area contributed by atoms with Crippen molar-refractivity contribution in [1.29, 1.82) is 0 Å². The summed E-state index contributed by atoms with van der Waals surface area (Å²) in [4.78, 5) is 20.0. The molecule has 6 nitrogen and oxygen atoms in total. The molecule has 34 heavy (non-hydrogen) atoms. The first-order valence-electron chi connectivity index (χ1n) is 12.0. The van der Waals surface area contributed by atoms with Gasteiger partial charge in [0, 0.05) is 43.6 Å². The van der Waals surface area contributed by atoms with Crippen molar-refractivity contribution in [3.8, 4) is 0 Å². The molecule has 2 aromatic rings. The van der Waals surface area contributed by atoms with E-state index in [1.165, 1.54) is 12.1 Å². The second-order valence-corrected chi connectivity index (χ2v) is 9.74. The summed E-state index contributed by atoms with van der Waals surface area (Å²) in [6, 6.07) is 14.7. The van der Waals surface area contributed by atoms with Crippen LogP contribution in [0.3, 0.4) is 0 Å². The van der Waals surface area contributed by atoms with Gasteiger partial charge in [-0.15, -0.1) is 0 Å². The second kappa shape index (κ2) is 11.1. The third-order valence-corrected chi connectivity index (χ3v) is 7.18. The van der Waals surface area contributed by atoms with Crippen molar-refractivity contribution in [3.05, 3.63) is 59.9 Å². The minimum atomic E-state index is -0.270. The van der Waals surface area contributed by atoms with Crippen molar-refractivity contribution >= 4 is 34.6 Å². The molecule has 2 fully saturated rings. The summed E-state index contributed by atoms with van der Waals surface area (Å²) in [7, 11) is 4.08. The number of amides is 1. The van der Waals surface area contributed by atoms with E-state index in [-0.39, 0.29) is 17.8 Å². The van der Waals surface area contributed by atoms with Gasteiger partial charge in [-0.05, 0) is 94.4 Å². The molecular weight excluding hydrogens is 449 g/mol. The number of likely N-dealkylation sites (tertiary alicyclic amines) is 1. The minimum absolute atomic E-state index is 0.107. The van der Waals surface area contributed by atoms with Crippen LogP contribution in [0.5, 0.6) is 0 Å². The van der Waals surface area contributed by atoms with Crippen LogP contribution in [-0.4, -0.2) is 73.2 Å². The number of nitrogens with zero attached hydrogens (tertiary/aromatic N) is 3. The molecule has 182 valence electrons. The number of hydrogen-bond acceptors (Lipinski definition) is 4. The van der Waals surface area contributed by atoms with E-state index in [9.17, 15) is 9.18 Å². The molecule has 0 radical (unpaired) electrons. The Bertz CT molecular complexity index is 985. The van der Waals surface area contributed by atoms with Gasteiger partial charge in [0.25, 0.3) is 5.91 Å². The van der Waals surface area contributed by atoms with Crippen LogP contribution in [0.4, 0.5) is 15.8 Å². The highest BCUT2D eigenvalue weighted by atomic mass is 32.1. The Labute approximate surface area is 207 Å². The fraction of sp³-hybridized carbons (Fsp3) is 0.462. The van der Waals surface area contributed by atoms with E-state index in [4.69, 9.17) is 12.2 Å².